The number of halogens is 3. The lowest BCUT2D eigenvalue weighted by Crippen LogP contribution is -2.33. The van der Waals surface area contributed by atoms with E-state index >= 15 is 0 Å². The van der Waals surface area contributed by atoms with E-state index in [2.05, 4.69) is 68.4 Å². The van der Waals surface area contributed by atoms with Crippen LogP contribution in [0.2, 0.25) is 0 Å². The number of rotatable bonds is 6. The second kappa shape index (κ2) is 8.06. The van der Waals surface area contributed by atoms with Crippen molar-refractivity contribution in [2.24, 2.45) is 0 Å². The van der Waals surface area contributed by atoms with Crippen molar-refractivity contribution in [3.8, 4) is 0 Å². The van der Waals surface area contributed by atoms with Gasteiger partial charge in [-0.1, -0.05) is 47.1 Å². The summed E-state index contributed by atoms with van der Waals surface area (Å²) in [4.78, 5) is 0. The number of hydrogen-bond acceptors (Lipinski definition) is 1. The molecule has 0 aliphatic heterocycles. The Kier molecular flexibility index (Phi) is 6.40. The minimum absolute atomic E-state index is 0.202. The maximum atomic E-state index is 13.6. The summed E-state index contributed by atoms with van der Waals surface area (Å²) in [6.07, 6.45) is 1.71. The Morgan fingerprint density at radius 1 is 1.05 bits per heavy atom. The second-order valence-electron chi connectivity index (χ2n) is 5.00. The van der Waals surface area contributed by atoms with Crippen LogP contribution in [0.4, 0.5) is 4.39 Å². The lowest BCUT2D eigenvalue weighted by atomic mass is 9.99. The monoisotopic (exact) mass is 413 g/mol. The van der Waals surface area contributed by atoms with E-state index in [-0.39, 0.29) is 11.9 Å². The van der Waals surface area contributed by atoms with Crippen LogP contribution >= 0.6 is 31.9 Å². The van der Waals surface area contributed by atoms with Gasteiger partial charge in [0.25, 0.3) is 0 Å². The van der Waals surface area contributed by atoms with E-state index in [0.717, 1.165) is 29.4 Å². The van der Waals surface area contributed by atoms with Gasteiger partial charge in [-0.25, -0.2) is 4.39 Å². The van der Waals surface area contributed by atoms with E-state index < -0.39 is 0 Å². The van der Waals surface area contributed by atoms with Crippen LogP contribution in [0.3, 0.4) is 0 Å². The molecule has 2 rings (SSSR count). The molecule has 0 fully saturated rings. The molecule has 2 aromatic carbocycles. The molecule has 0 spiro atoms. The zero-order valence-corrected chi connectivity index (χ0v) is 15.0. The Balaban J connectivity index is 2.11. The molecule has 0 amide bonds. The molecule has 1 nitrogen and oxygen atoms in total. The highest BCUT2D eigenvalue weighted by molar-refractivity contribution is 9.10. The van der Waals surface area contributed by atoms with Gasteiger partial charge in [0.15, 0.2) is 0 Å². The molecule has 1 atom stereocenters. The van der Waals surface area contributed by atoms with Crippen LogP contribution in [0.15, 0.2) is 51.4 Å². The quantitative estimate of drug-likeness (QED) is 0.692. The minimum atomic E-state index is -0.202. The Labute approximate surface area is 142 Å². The lowest BCUT2D eigenvalue weighted by Gasteiger charge is -2.19. The highest BCUT2D eigenvalue weighted by Gasteiger charge is 2.13. The average molecular weight is 415 g/mol. The molecule has 0 saturated heterocycles. The molecular weight excluding hydrogens is 397 g/mol. The summed E-state index contributed by atoms with van der Waals surface area (Å²) in [5.41, 5.74) is 2.27. The molecule has 0 aliphatic rings. The van der Waals surface area contributed by atoms with E-state index in [0.29, 0.717) is 4.47 Å². The zero-order chi connectivity index (χ0) is 15.2. The maximum Gasteiger partial charge on any atom is 0.137 e. The van der Waals surface area contributed by atoms with Crippen LogP contribution in [0.25, 0.3) is 0 Å². The van der Waals surface area contributed by atoms with Gasteiger partial charge in [0.05, 0.1) is 4.47 Å². The van der Waals surface area contributed by atoms with Crippen molar-refractivity contribution in [1.29, 1.82) is 0 Å². The van der Waals surface area contributed by atoms with Crippen molar-refractivity contribution in [3.05, 3.63) is 68.4 Å². The molecule has 1 N–H and O–H groups in total. The van der Waals surface area contributed by atoms with Crippen LogP contribution < -0.4 is 5.32 Å². The van der Waals surface area contributed by atoms with Gasteiger partial charge in [-0.05, 0) is 64.6 Å². The zero-order valence-electron chi connectivity index (χ0n) is 11.9. The van der Waals surface area contributed by atoms with E-state index in [4.69, 9.17) is 0 Å². The van der Waals surface area contributed by atoms with Crippen LogP contribution in [-0.4, -0.2) is 12.6 Å². The van der Waals surface area contributed by atoms with Gasteiger partial charge < -0.3 is 5.32 Å². The number of nitrogens with one attached hydrogen (secondary N) is 1. The van der Waals surface area contributed by atoms with Gasteiger partial charge in [0, 0.05) is 10.5 Å². The first-order chi connectivity index (χ1) is 10.1. The van der Waals surface area contributed by atoms with Gasteiger partial charge in [-0.2, -0.15) is 0 Å². The van der Waals surface area contributed by atoms with Gasteiger partial charge >= 0.3 is 0 Å². The van der Waals surface area contributed by atoms with Gasteiger partial charge in [-0.15, -0.1) is 0 Å². The van der Waals surface area contributed by atoms with Gasteiger partial charge in [0.2, 0.25) is 0 Å². The van der Waals surface area contributed by atoms with Crippen molar-refractivity contribution in [3.63, 3.8) is 0 Å². The van der Waals surface area contributed by atoms with Crippen LogP contribution in [-0.2, 0) is 12.8 Å². The van der Waals surface area contributed by atoms with E-state index in [9.17, 15) is 4.39 Å². The summed E-state index contributed by atoms with van der Waals surface area (Å²) in [6, 6.07) is 13.8. The Bertz CT molecular complexity index is 584. The molecule has 0 aliphatic carbocycles. The number of benzene rings is 2. The Morgan fingerprint density at radius 2 is 1.76 bits per heavy atom. The normalized spacial score (nSPS) is 12.4. The topological polar surface area (TPSA) is 12.0 Å². The van der Waals surface area contributed by atoms with Crippen molar-refractivity contribution < 1.29 is 4.39 Å². The lowest BCUT2D eigenvalue weighted by molar-refractivity contribution is 0.518. The highest BCUT2D eigenvalue weighted by atomic mass is 79.9. The van der Waals surface area contributed by atoms with Crippen molar-refractivity contribution >= 4 is 31.9 Å². The predicted molar refractivity (Wildman–Crippen MR) is 93.1 cm³/mol. The molecule has 0 heterocycles. The highest BCUT2D eigenvalue weighted by Crippen LogP contribution is 2.22. The van der Waals surface area contributed by atoms with Crippen molar-refractivity contribution in [1.82, 2.24) is 5.32 Å². The molecule has 0 radical (unpaired) electrons. The van der Waals surface area contributed by atoms with E-state index in [1.54, 1.807) is 6.07 Å². The Hall–Kier alpha value is -0.710. The third-order valence-electron chi connectivity index (χ3n) is 3.39. The van der Waals surface area contributed by atoms with Crippen molar-refractivity contribution in [2.75, 3.05) is 6.54 Å². The first-order valence-corrected chi connectivity index (χ1v) is 8.59. The third-order valence-corrected chi connectivity index (χ3v) is 4.80. The molecular formula is C17H18Br2FN. The molecule has 0 bridgehead atoms. The summed E-state index contributed by atoms with van der Waals surface area (Å²) in [7, 11) is 0. The average Bonchev–Trinajstić information content (AvgIpc) is 2.46. The molecule has 0 aromatic heterocycles. The fourth-order valence-corrected chi connectivity index (χ4v) is 3.07. The SMILES string of the molecule is CCNC(Cc1ccc(Br)cc1)Cc1cccc(F)c1Br. The molecule has 112 valence electrons. The Morgan fingerprint density at radius 3 is 2.43 bits per heavy atom. The fourth-order valence-electron chi connectivity index (χ4n) is 2.38. The summed E-state index contributed by atoms with van der Waals surface area (Å²) < 4.78 is 15.3. The number of likely N-dealkylation sites (N-methyl/N-ethyl adjacent to an activating group) is 1. The standard InChI is InChI=1S/C17H18Br2FN/c1-2-21-15(10-12-6-8-14(18)9-7-12)11-13-4-3-5-16(20)17(13)19/h3-9,15,21H,2,10-11H2,1H3. The van der Waals surface area contributed by atoms with Crippen LogP contribution in [0, 0.1) is 5.82 Å². The maximum absolute atomic E-state index is 13.6. The summed E-state index contributed by atoms with van der Waals surface area (Å²) in [6.45, 7) is 2.99. The fraction of sp³-hybridized carbons (Fsp3) is 0.294. The second-order valence-corrected chi connectivity index (χ2v) is 6.71. The first kappa shape index (κ1) is 16.7. The summed E-state index contributed by atoms with van der Waals surface area (Å²) in [5, 5.41) is 3.49. The molecule has 21 heavy (non-hydrogen) atoms. The number of hydrogen-bond donors (Lipinski definition) is 1. The molecule has 0 saturated carbocycles. The molecule has 4 heteroatoms. The summed E-state index contributed by atoms with van der Waals surface area (Å²) >= 11 is 6.80. The van der Waals surface area contributed by atoms with E-state index in [1.165, 1.54) is 11.6 Å². The largest absolute Gasteiger partial charge is 0.314 e. The first-order valence-electron chi connectivity index (χ1n) is 7.01. The predicted octanol–water partition coefficient (Wildman–Crippen LogP) is 5.11. The minimum Gasteiger partial charge on any atom is -0.314 e. The van der Waals surface area contributed by atoms with Gasteiger partial charge in [0.1, 0.15) is 5.82 Å². The van der Waals surface area contributed by atoms with Crippen molar-refractivity contribution in [2.45, 2.75) is 25.8 Å². The smallest absolute Gasteiger partial charge is 0.137 e. The van der Waals surface area contributed by atoms with E-state index in [1.807, 2.05) is 6.07 Å². The third kappa shape index (κ3) is 4.90. The van der Waals surface area contributed by atoms with Crippen LogP contribution in [0.1, 0.15) is 18.1 Å². The van der Waals surface area contributed by atoms with Crippen LogP contribution in [0.5, 0.6) is 0 Å². The summed E-state index contributed by atoms with van der Waals surface area (Å²) in [5.74, 6) is -0.202. The molecule has 2 aromatic rings. The van der Waals surface area contributed by atoms with Gasteiger partial charge in [-0.3, -0.25) is 0 Å². The molecule has 1 unspecified atom stereocenters.